The average Bonchev–Trinajstić information content (AvgIpc) is 2.95. The first kappa shape index (κ1) is 17.5. The van der Waals surface area contributed by atoms with Gasteiger partial charge in [0.05, 0.1) is 18.7 Å². The van der Waals surface area contributed by atoms with Crippen LogP contribution in [0.25, 0.3) is 0 Å². The number of hydrogen-bond acceptors (Lipinski definition) is 5. The third-order valence-corrected chi connectivity index (χ3v) is 6.25. The third-order valence-electron chi connectivity index (χ3n) is 4.03. The van der Waals surface area contributed by atoms with E-state index in [1.54, 1.807) is 6.07 Å². The van der Waals surface area contributed by atoms with Crippen molar-refractivity contribution >= 4 is 26.0 Å². The van der Waals surface area contributed by atoms with Gasteiger partial charge in [-0.05, 0) is 34.8 Å². The molecule has 0 aliphatic heterocycles. The zero-order valence-electron chi connectivity index (χ0n) is 12.7. The highest BCUT2D eigenvalue weighted by Gasteiger charge is 2.37. The summed E-state index contributed by atoms with van der Waals surface area (Å²) in [6.45, 7) is 0.284. The molecule has 8 heteroatoms. The molecule has 1 saturated carbocycles. The Balaban J connectivity index is 2.43. The van der Waals surface area contributed by atoms with Gasteiger partial charge in [0.2, 0.25) is 10.0 Å². The van der Waals surface area contributed by atoms with Crippen LogP contribution in [0.3, 0.4) is 0 Å². The van der Waals surface area contributed by atoms with Crippen LogP contribution >= 0.6 is 15.9 Å². The molecule has 0 spiro atoms. The van der Waals surface area contributed by atoms with E-state index in [0.717, 1.165) is 25.7 Å². The topological polar surface area (TPSA) is 90.6 Å². The van der Waals surface area contributed by atoms with Crippen molar-refractivity contribution in [3.8, 4) is 11.5 Å². The van der Waals surface area contributed by atoms with Crippen molar-refractivity contribution in [2.24, 2.45) is 5.73 Å². The summed E-state index contributed by atoms with van der Waals surface area (Å²) in [6.07, 6.45) is 3.46. The van der Waals surface area contributed by atoms with E-state index in [2.05, 4.69) is 20.7 Å². The third kappa shape index (κ3) is 3.40. The Bertz CT molecular complexity index is 642. The fourth-order valence-corrected chi connectivity index (χ4v) is 5.09. The summed E-state index contributed by atoms with van der Waals surface area (Å²) in [5, 5.41) is 0. The van der Waals surface area contributed by atoms with Gasteiger partial charge in [0, 0.05) is 18.2 Å². The Labute approximate surface area is 139 Å². The van der Waals surface area contributed by atoms with Crippen LogP contribution in [-0.4, -0.2) is 34.7 Å². The summed E-state index contributed by atoms with van der Waals surface area (Å²) in [4.78, 5) is 0.0717. The summed E-state index contributed by atoms with van der Waals surface area (Å²) in [6, 6.07) is 3.03. The van der Waals surface area contributed by atoms with Gasteiger partial charge in [-0.3, -0.25) is 0 Å². The number of hydrogen-bond donors (Lipinski definition) is 2. The summed E-state index contributed by atoms with van der Waals surface area (Å²) >= 11 is 3.31. The highest BCUT2D eigenvalue weighted by atomic mass is 79.9. The zero-order chi connectivity index (χ0) is 16.4. The van der Waals surface area contributed by atoms with Crippen molar-refractivity contribution in [3.05, 3.63) is 16.6 Å². The number of methoxy groups -OCH3 is 2. The number of nitrogens with one attached hydrogen (secondary N) is 1. The van der Waals surface area contributed by atoms with Gasteiger partial charge in [-0.1, -0.05) is 12.8 Å². The molecular weight excluding hydrogens is 372 g/mol. The van der Waals surface area contributed by atoms with Crippen LogP contribution in [0.5, 0.6) is 11.5 Å². The van der Waals surface area contributed by atoms with Gasteiger partial charge >= 0.3 is 0 Å². The Kier molecular flexibility index (Phi) is 5.37. The first-order chi connectivity index (χ1) is 10.4. The average molecular weight is 393 g/mol. The van der Waals surface area contributed by atoms with Crippen LogP contribution in [0.2, 0.25) is 0 Å². The Morgan fingerprint density at radius 3 is 2.32 bits per heavy atom. The second-order valence-electron chi connectivity index (χ2n) is 5.43. The molecule has 0 bridgehead atoms. The van der Waals surface area contributed by atoms with Crippen LogP contribution in [0, 0.1) is 0 Å². The molecule has 1 fully saturated rings. The Morgan fingerprint density at radius 1 is 1.23 bits per heavy atom. The second-order valence-corrected chi connectivity index (χ2v) is 7.94. The SMILES string of the molecule is COc1cc(OC)c(S(=O)(=O)NC2(CN)CCCC2)cc1Br. The summed E-state index contributed by atoms with van der Waals surface area (Å²) < 4.78 is 39.3. The van der Waals surface area contributed by atoms with Crippen LogP contribution < -0.4 is 19.9 Å². The summed E-state index contributed by atoms with van der Waals surface area (Å²) in [5.41, 5.74) is 5.25. The molecule has 0 aromatic heterocycles. The van der Waals surface area contributed by atoms with Gasteiger partial charge < -0.3 is 15.2 Å². The first-order valence-electron chi connectivity index (χ1n) is 7.03. The van der Waals surface area contributed by atoms with Crippen molar-refractivity contribution in [1.82, 2.24) is 4.72 Å². The largest absolute Gasteiger partial charge is 0.495 e. The van der Waals surface area contributed by atoms with E-state index in [0.29, 0.717) is 10.2 Å². The van der Waals surface area contributed by atoms with Gasteiger partial charge in [-0.15, -0.1) is 0 Å². The van der Waals surface area contributed by atoms with E-state index >= 15 is 0 Å². The van der Waals surface area contributed by atoms with Crippen LogP contribution in [-0.2, 0) is 10.0 Å². The maximum absolute atomic E-state index is 12.8. The molecule has 0 unspecified atom stereocenters. The highest BCUT2D eigenvalue weighted by molar-refractivity contribution is 9.10. The lowest BCUT2D eigenvalue weighted by Crippen LogP contribution is -2.51. The maximum atomic E-state index is 12.8. The van der Waals surface area contributed by atoms with Gasteiger partial charge in [0.25, 0.3) is 0 Å². The molecule has 0 saturated heterocycles. The molecule has 2 rings (SSSR count). The van der Waals surface area contributed by atoms with Crippen LogP contribution in [0.4, 0.5) is 0 Å². The predicted molar refractivity (Wildman–Crippen MR) is 87.8 cm³/mol. The molecule has 1 aromatic carbocycles. The minimum Gasteiger partial charge on any atom is -0.495 e. The van der Waals surface area contributed by atoms with E-state index in [1.165, 1.54) is 20.3 Å². The molecule has 3 N–H and O–H groups in total. The normalized spacial score (nSPS) is 17.5. The standard InChI is InChI=1S/C14H21BrN2O4S/c1-20-11-8-12(21-2)13(7-10(11)15)22(18,19)17-14(9-16)5-3-4-6-14/h7-8,17H,3-6,9,16H2,1-2H3. The second kappa shape index (κ2) is 6.74. The van der Waals surface area contributed by atoms with Gasteiger partial charge in [0.15, 0.2) is 0 Å². The van der Waals surface area contributed by atoms with E-state index in [1.807, 2.05) is 0 Å². The van der Waals surface area contributed by atoms with Gasteiger partial charge in [0.1, 0.15) is 16.4 Å². The maximum Gasteiger partial charge on any atom is 0.244 e. The van der Waals surface area contributed by atoms with Crippen LogP contribution in [0.15, 0.2) is 21.5 Å². The van der Waals surface area contributed by atoms with Crippen molar-refractivity contribution < 1.29 is 17.9 Å². The highest BCUT2D eigenvalue weighted by Crippen LogP contribution is 2.37. The van der Waals surface area contributed by atoms with Crippen molar-refractivity contribution in [3.63, 3.8) is 0 Å². The summed E-state index contributed by atoms with van der Waals surface area (Å²) in [5.74, 6) is 0.739. The zero-order valence-corrected chi connectivity index (χ0v) is 15.1. The minimum atomic E-state index is -3.75. The summed E-state index contributed by atoms with van der Waals surface area (Å²) in [7, 11) is -0.811. The molecule has 0 heterocycles. The van der Waals surface area contributed by atoms with Gasteiger partial charge in [-0.2, -0.15) is 0 Å². The molecule has 1 aliphatic carbocycles. The molecule has 0 radical (unpaired) electrons. The Hall–Kier alpha value is -0.830. The van der Waals surface area contributed by atoms with Crippen molar-refractivity contribution in [1.29, 1.82) is 0 Å². The van der Waals surface area contributed by atoms with Crippen LogP contribution in [0.1, 0.15) is 25.7 Å². The lowest BCUT2D eigenvalue weighted by Gasteiger charge is -2.28. The molecule has 124 valence electrons. The molecule has 1 aliphatic rings. The first-order valence-corrected chi connectivity index (χ1v) is 9.31. The lowest BCUT2D eigenvalue weighted by molar-refractivity contribution is 0.379. The number of sulfonamides is 1. The molecule has 0 amide bonds. The number of ether oxygens (including phenoxy) is 2. The van der Waals surface area contributed by atoms with E-state index in [9.17, 15) is 8.42 Å². The molecular formula is C14H21BrN2O4S. The lowest BCUT2D eigenvalue weighted by atomic mass is 10.0. The van der Waals surface area contributed by atoms with E-state index in [4.69, 9.17) is 15.2 Å². The fourth-order valence-electron chi connectivity index (χ4n) is 2.78. The minimum absolute atomic E-state index is 0.0717. The number of benzene rings is 1. The number of rotatable bonds is 6. The predicted octanol–water partition coefficient (Wildman–Crippen LogP) is 2.02. The quantitative estimate of drug-likeness (QED) is 0.772. The molecule has 1 aromatic rings. The molecule has 0 atom stereocenters. The van der Waals surface area contributed by atoms with E-state index < -0.39 is 15.6 Å². The monoisotopic (exact) mass is 392 g/mol. The molecule has 6 nitrogen and oxygen atoms in total. The Morgan fingerprint density at radius 2 is 1.82 bits per heavy atom. The van der Waals surface area contributed by atoms with Gasteiger partial charge in [-0.25, -0.2) is 13.1 Å². The van der Waals surface area contributed by atoms with Crippen molar-refractivity contribution in [2.75, 3.05) is 20.8 Å². The number of nitrogens with two attached hydrogens (primary N) is 1. The number of halogens is 1. The fraction of sp³-hybridized carbons (Fsp3) is 0.571. The molecule has 22 heavy (non-hydrogen) atoms. The smallest absolute Gasteiger partial charge is 0.244 e. The van der Waals surface area contributed by atoms with Crippen molar-refractivity contribution in [2.45, 2.75) is 36.1 Å². The van der Waals surface area contributed by atoms with E-state index in [-0.39, 0.29) is 17.2 Å².